The van der Waals surface area contributed by atoms with Gasteiger partial charge in [-0.25, -0.2) is 0 Å². The smallest absolute Gasteiger partial charge is 0.0192 e. The van der Waals surface area contributed by atoms with E-state index in [0.717, 1.165) is 18.0 Å². The monoisotopic (exact) mass is 226 g/mol. The standard InChI is InChI=1S/C14H30N2/c1-12(2)7-5-8-13(3)16-10-6-9-14(11-16)15-4/h12-15H,5-11H2,1-4H3. The van der Waals surface area contributed by atoms with E-state index in [1.807, 2.05) is 0 Å². The number of piperidine rings is 1. The third-order valence-electron chi connectivity index (χ3n) is 3.89. The summed E-state index contributed by atoms with van der Waals surface area (Å²) in [4.78, 5) is 2.67. The first-order valence-electron chi connectivity index (χ1n) is 7.04. The molecule has 1 heterocycles. The largest absolute Gasteiger partial charge is 0.316 e. The highest BCUT2D eigenvalue weighted by Gasteiger charge is 2.21. The van der Waals surface area contributed by atoms with Crippen molar-refractivity contribution in [3.05, 3.63) is 0 Å². The Kier molecular flexibility index (Phi) is 6.37. The van der Waals surface area contributed by atoms with Gasteiger partial charge in [-0.05, 0) is 45.7 Å². The van der Waals surface area contributed by atoms with E-state index in [1.165, 1.54) is 45.2 Å². The highest BCUT2D eigenvalue weighted by molar-refractivity contribution is 4.80. The van der Waals surface area contributed by atoms with Gasteiger partial charge in [0.2, 0.25) is 0 Å². The van der Waals surface area contributed by atoms with Crippen LogP contribution in [0.1, 0.15) is 52.9 Å². The summed E-state index contributed by atoms with van der Waals surface area (Å²) in [7, 11) is 2.09. The lowest BCUT2D eigenvalue weighted by atomic mass is 10.00. The number of nitrogens with zero attached hydrogens (tertiary/aromatic N) is 1. The summed E-state index contributed by atoms with van der Waals surface area (Å²) >= 11 is 0. The topological polar surface area (TPSA) is 15.3 Å². The van der Waals surface area contributed by atoms with Gasteiger partial charge in [-0.15, -0.1) is 0 Å². The van der Waals surface area contributed by atoms with E-state index < -0.39 is 0 Å². The predicted molar refractivity (Wildman–Crippen MR) is 71.8 cm³/mol. The Bertz CT molecular complexity index is 180. The number of likely N-dealkylation sites (tertiary alicyclic amines) is 1. The number of likely N-dealkylation sites (N-methyl/N-ethyl adjacent to an activating group) is 1. The third kappa shape index (κ3) is 4.84. The zero-order chi connectivity index (χ0) is 12.0. The van der Waals surface area contributed by atoms with Gasteiger partial charge < -0.3 is 5.32 Å². The minimum absolute atomic E-state index is 0.723. The molecule has 0 aromatic carbocycles. The zero-order valence-corrected chi connectivity index (χ0v) is 11.6. The maximum absolute atomic E-state index is 3.42. The first-order valence-corrected chi connectivity index (χ1v) is 7.04. The molecule has 0 aliphatic carbocycles. The van der Waals surface area contributed by atoms with Crippen molar-refractivity contribution in [3.8, 4) is 0 Å². The Morgan fingerprint density at radius 2 is 2.00 bits per heavy atom. The van der Waals surface area contributed by atoms with E-state index >= 15 is 0 Å². The van der Waals surface area contributed by atoms with E-state index in [4.69, 9.17) is 0 Å². The van der Waals surface area contributed by atoms with Gasteiger partial charge in [-0.2, -0.15) is 0 Å². The summed E-state index contributed by atoms with van der Waals surface area (Å²) in [6.07, 6.45) is 6.85. The van der Waals surface area contributed by atoms with Crippen molar-refractivity contribution in [1.29, 1.82) is 0 Å². The Hall–Kier alpha value is -0.0800. The third-order valence-corrected chi connectivity index (χ3v) is 3.89. The molecule has 96 valence electrons. The molecule has 0 saturated carbocycles. The summed E-state index contributed by atoms with van der Waals surface area (Å²) in [5, 5.41) is 3.42. The summed E-state index contributed by atoms with van der Waals surface area (Å²) in [5.74, 6) is 0.860. The number of nitrogens with one attached hydrogen (secondary N) is 1. The van der Waals surface area contributed by atoms with Crippen molar-refractivity contribution in [1.82, 2.24) is 10.2 Å². The summed E-state index contributed by atoms with van der Waals surface area (Å²) in [5.41, 5.74) is 0. The van der Waals surface area contributed by atoms with Crippen LogP contribution >= 0.6 is 0 Å². The van der Waals surface area contributed by atoms with Crippen molar-refractivity contribution in [2.24, 2.45) is 5.92 Å². The average Bonchev–Trinajstić information content (AvgIpc) is 2.28. The minimum atomic E-state index is 0.723. The van der Waals surface area contributed by atoms with Gasteiger partial charge in [0.1, 0.15) is 0 Å². The molecule has 1 N–H and O–H groups in total. The SMILES string of the molecule is CNC1CCCN(C(C)CCCC(C)C)C1. The van der Waals surface area contributed by atoms with Crippen LogP contribution in [0.25, 0.3) is 0 Å². The lowest BCUT2D eigenvalue weighted by Gasteiger charge is -2.36. The molecule has 1 fully saturated rings. The molecule has 0 spiro atoms. The van der Waals surface area contributed by atoms with Crippen LogP contribution in [0.3, 0.4) is 0 Å². The molecule has 0 aromatic heterocycles. The van der Waals surface area contributed by atoms with Crippen LogP contribution in [-0.2, 0) is 0 Å². The molecule has 0 amide bonds. The molecule has 2 heteroatoms. The highest BCUT2D eigenvalue weighted by Crippen LogP contribution is 2.17. The Morgan fingerprint density at radius 1 is 1.25 bits per heavy atom. The normalized spacial score (nSPS) is 24.9. The predicted octanol–water partition coefficient (Wildman–Crippen LogP) is 2.89. The van der Waals surface area contributed by atoms with Crippen molar-refractivity contribution >= 4 is 0 Å². The fourth-order valence-electron chi connectivity index (χ4n) is 2.65. The Balaban J connectivity index is 2.21. The molecule has 2 nitrogen and oxygen atoms in total. The van der Waals surface area contributed by atoms with Gasteiger partial charge in [0, 0.05) is 18.6 Å². The van der Waals surface area contributed by atoms with Gasteiger partial charge in [-0.3, -0.25) is 4.90 Å². The number of rotatable bonds is 6. The summed E-state index contributed by atoms with van der Waals surface area (Å²) in [6.45, 7) is 9.60. The van der Waals surface area contributed by atoms with Crippen LogP contribution in [0.4, 0.5) is 0 Å². The highest BCUT2D eigenvalue weighted by atomic mass is 15.2. The fourth-order valence-corrected chi connectivity index (χ4v) is 2.65. The second kappa shape index (κ2) is 7.29. The lowest BCUT2D eigenvalue weighted by Crippen LogP contribution is -2.47. The first-order chi connectivity index (χ1) is 7.63. The van der Waals surface area contributed by atoms with Gasteiger partial charge >= 0.3 is 0 Å². The first kappa shape index (κ1) is 14.0. The van der Waals surface area contributed by atoms with Gasteiger partial charge in [0.15, 0.2) is 0 Å². The van der Waals surface area contributed by atoms with Crippen molar-refractivity contribution in [2.45, 2.75) is 65.0 Å². The van der Waals surface area contributed by atoms with E-state index in [1.54, 1.807) is 0 Å². The minimum Gasteiger partial charge on any atom is -0.316 e. The van der Waals surface area contributed by atoms with Crippen LogP contribution in [-0.4, -0.2) is 37.1 Å². The molecule has 1 aliphatic rings. The van der Waals surface area contributed by atoms with Crippen LogP contribution < -0.4 is 5.32 Å². The van der Waals surface area contributed by atoms with Gasteiger partial charge in [0.05, 0.1) is 0 Å². The average molecular weight is 226 g/mol. The maximum Gasteiger partial charge on any atom is 0.0192 e. The number of hydrogen-bond donors (Lipinski definition) is 1. The van der Waals surface area contributed by atoms with E-state index in [9.17, 15) is 0 Å². The van der Waals surface area contributed by atoms with Crippen LogP contribution in [0, 0.1) is 5.92 Å². The van der Waals surface area contributed by atoms with Crippen LogP contribution in [0.5, 0.6) is 0 Å². The Labute approximate surface area is 102 Å². The van der Waals surface area contributed by atoms with Crippen LogP contribution in [0.2, 0.25) is 0 Å². The van der Waals surface area contributed by atoms with E-state index in [-0.39, 0.29) is 0 Å². The molecule has 0 radical (unpaired) electrons. The van der Waals surface area contributed by atoms with Crippen LogP contribution in [0.15, 0.2) is 0 Å². The second-order valence-corrected chi connectivity index (χ2v) is 5.80. The quantitative estimate of drug-likeness (QED) is 0.749. The molecule has 1 rings (SSSR count). The van der Waals surface area contributed by atoms with E-state index in [2.05, 4.69) is 38.0 Å². The summed E-state index contributed by atoms with van der Waals surface area (Å²) in [6, 6.07) is 1.50. The Morgan fingerprint density at radius 3 is 2.62 bits per heavy atom. The van der Waals surface area contributed by atoms with E-state index in [0.29, 0.717) is 0 Å². The zero-order valence-electron chi connectivity index (χ0n) is 11.6. The molecule has 2 unspecified atom stereocenters. The molecule has 0 aromatic rings. The molecule has 1 aliphatic heterocycles. The maximum atomic E-state index is 3.42. The second-order valence-electron chi connectivity index (χ2n) is 5.80. The summed E-state index contributed by atoms with van der Waals surface area (Å²) < 4.78 is 0. The van der Waals surface area contributed by atoms with Crippen molar-refractivity contribution in [2.75, 3.05) is 20.1 Å². The lowest BCUT2D eigenvalue weighted by molar-refractivity contribution is 0.140. The molecular weight excluding hydrogens is 196 g/mol. The molecule has 1 saturated heterocycles. The molecule has 0 bridgehead atoms. The fraction of sp³-hybridized carbons (Fsp3) is 1.00. The van der Waals surface area contributed by atoms with Crippen molar-refractivity contribution in [3.63, 3.8) is 0 Å². The molecule has 16 heavy (non-hydrogen) atoms. The molecular formula is C14H30N2. The van der Waals surface area contributed by atoms with Crippen molar-refractivity contribution < 1.29 is 0 Å². The number of hydrogen-bond acceptors (Lipinski definition) is 2. The van der Waals surface area contributed by atoms with Gasteiger partial charge in [-0.1, -0.05) is 26.7 Å². The molecule has 2 atom stereocenters. The van der Waals surface area contributed by atoms with Gasteiger partial charge in [0.25, 0.3) is 0 Å².